The zero-order valence-corrected chi connectivity index (χ0v) is 11.2. The summed E-state index contributed by atoms with van der Waals surface area (Å²) in [6.45, 7) is 1.31. The van der Waals surface area contributed by atoms with Gasteiger partial charge < -0.3 is 19.6 Å². The number of rotatable bonds is 9. The van der Waals surface area contributed by atoms with Crippen molar-refractivity contribution < 1.29 is 19.1 Å². The number of hydrogen-bond donors (Lipinski definition) is 1. The van der Waals surface area contributed by atoms with Crippen molar-refractivity contribution in [3.63, 3.8) is 0 Å². The maximum Gasteiger partial charge on any atom is 0.174 e. The van der Waals surface area contributed by atoms with Crippen LogP contribution in [0.15, 0.2) is 17.4 Å². The molecule has 0 aromatic heterocycles. The third-order valence-corrected chi connectivity index (χ3v) is 1.46. The molecule has 0 rings (SSSR count). The fraction of sp³-hybridized carbons (Fsp3) is 0.583. The van der Waals surface area contributed by atoms with Crippen molar-refractivity contribution in [2.24, 2.45) is 4.99 Å². The van der Waals surface area contributed by atoms with Crippen LogP contribution in [0.25, 0.3) is 0 Å². The molecule has 0 aliphatic heterocycles. The molecule has 0 atom stereocenters. The van der Waals surface area contributed by atoms with Crippen LogP contribution in [-0.2, 0) is 19.1 Å². The smallest absolute Gasteiger partial charge is 0.174 e. The van der Waals surface area contributed by atoms with Gasteiger partial charge in [-0.2, -0.15) is 0 Å². The minimum Gasteiger partial charge on any atom is -0.388 e. The molecule has 0 saturated carbocycles. The quantitative estimate of drug-likeness (QED) is 0.372. The second-order valence-corrected chi connectivity index (χ2v) is 3.12. The molecule has 18 heavy (non-hydrogen) atoms. The first kappa shape index (κ1) is 18.8. The molecule has 0 heterocycles. The zero-order valence-electron chi connectivity index (χ0n) is 11.2. The summed E-state index contributed by atoms with van der Waals surface area (Å²) < 4.78 is 9.06. The van der Waals surface area contributed by atoms with Gasteiger partial charge in [-0.05, 0) is 0 Å². The third-order valence-electron chi connectivity index (χ3n) is 1.46. The van der Waals surface area contributed by atoms with E-state index in [0.29, 0.717) is 19.4 Å². The van der Waals surface area contributed by atoms with E-state index >= 15 is 0 Å². The summed E-state index contributed by atoms with van der Waals surface area (Å²) in [7, 11) is 4.87. The van der Waals surface area contributed by atoms with Crippen molar-refractivity contribution in [3.05, 3.63) is 12.4 Å². The molecule has 0 fully saturated rings. The molecule has 0 unspecified atom stereocenters. The summed E-state index contributed by atoms with van der Waals surface area (Å²) in [5.41, 5.74) is 0. The summed E-state index contributed by atoms with van der Waals surface area (Å²) in [6.07, 6.45) is 5.50. The Hall–Kier alpha value is -1.53. The first-order valence-corrected chi connectivity index (χ1v) is 5.50. The van der Waals surface area contributed by atoms with Gasteiger partial charge in [0.15, 0.2) is 5.78 Å². The van der Waals surface area contributed by atoms with Crippen LogP contribution in [0.1, 0.15) is 12.8 Å². The lowest BCUT2D eigenvalue weighted by Crippen LogP contribution is -2.11. The topological polar surface area (TPSA) is 77.0 Å². The van der Waals surface area contributed by atoms with Crippen molar-refractivity contribution in [3.8, 4) is 0 Å². The van der Waals surface area contributed by atoms with E-state index in [-0.39, 0.29) is 18.6 Å². The fourth-order valence-corrected chi connectivity index (χ4v) is 0.732. The van der Waals surface area contributed by atoms with Crippen molar-refractivity contribution in [2.75, 3.05) is 34.5 Å². The van der Waals surface area contributed by atoms with Gasteiger partial charge in [-0.15, -0.1) is 0 Å². The molecule has 0 aliphatic carbocycles. The molecule has 104 valence electrons. The van der Waals surface area contributed by atoms with Gasteiger partial charge in [-0.25, -0.2) is 0 Å². The number of nitrogens with zero attached hydrogens (tertiary/aromatic N) is 1. The molecule has 0 spiro atoms. The molecular weight excluding hydrogens is 236 g/mol. The molecule has 0 aromatic rings. The predicted molar refractivity (Wildman–Crippen MR) is 70.7 cm³/mol. The predicted octanol–water partition coefficient (Wildman–Crippen LogP) is 0.575. The van der Waals surface area contributed by atoms with Crippen LogP contribution >= 0.6 is 0 Å². The zero-order chi connectivity index (χ0) is 14.1. The monoisotopic (exact) mass is 258 g/mol. The number of ether oxygens (including phenoxy) is 2. The molecule has 1 N–H and O–H groups in total. The second kappa shape index (κ2) is 17.9. The van der Waals surface area contributed by atoms with Crippen LogP contribution in [0.2, 0.25) is 0 Å². The van der Waals surface area contributed by atoms with E-state index in [1.165, 1.54) is 12.4 Å². The summed E-state index contributed by atoms with van der Waals surface area (Å²) in [4.78, 5) is 24.7. The Balaban J connectivity index is 0. The second-order valence-electron chi connectivity index (χ2n) is 3.12. The van der Waals surface area contributed by atoms with Crippen LogP contribution < -0.4 is 5.32 Å². The highest BCUT2D eigenvalue weighted by atomic mass is 16.5. The minimum absolute atomic E-state index is 0.149. The van der Waals surface area contributed by atoms with Crippen molar-refractivity contribution in [1.29, 1.82) is 0 Å². The summed E-state index contributed by atoms with van der Waals surface area (Å²) in [5.74, 6) is -0.149. The number of aliphatic imine (C=N–C) groups is 1. The number of ketones is 1. The van der Waals surface area contributed by atoms with Gasteiger partial charge in [0, 0.05) is 53.1 Å². The van der Waals surface area contributed by atoms with Crippen LogP contribution in [0, 0.1) is 0 Å². The Morgan fingerprint density at radius 2 is 2.00 bits per heavy atom. The van der Waals surface area contributed by atoms with E-state index in [4.69, 9.17) is 4.74 Å². The van der Waals surface area contributed by atoms with Crippen LogP contribution in [0.4, 0.5) is 0 Å². The molecular formula is C12H22N2O4. The molecule has 6 heteroatoms. The maximum absolute atomic E-state index is 11.0. The Morgan fingerprint density at radius 1 is 1.33 bits per heavy atom. The van der Waals surface area contributed by atoms with Gasteiger partial charge in [0.25, 0.3) is 0 Å². The van der Waals surface area contributed by atoms with Crippen molar-refractivity contribution in [2.45, 2.75) is 12.8 Å². The van der Waals surface area contributed by atoms with Crippen LogP contribution in [-0.4, -0.2) is 52.8 Å². The van der Waals surface area contributed by atoms with E-state index in [2.05, 4.69) is 15.0 Å². The van der Waals surface area contributed by atoms with Gasteiger partial charge in [0.05, 0.1) is 12.8 Å². The largest absolute Gasteiger partial charge is 0.388 e. The standard InChI is InChI=1S/C10H16N2O3.C2H6O/c1-15-8-6-11-4-5-12-9-10(14)3-2-7-13;1-3-2/h4-5,7,9,11H,2-3,6,8H2,1H3;1-2H3/b5-4-,12-9?;. The van der Waals surface area contributed by atoms with E-state index in [0.717, 1.165) is 0 Å². The summed E-state index contributed by atoms with van der Waals surface area (Å²) >= 11 is 0. The lowest BCUT2D eigenvalue weighted by Gasteiger charge is -1.96. The minimum atomic E-state index is -0.149. The Labute approximate surface area is 108 Å². The number of aldehydes is 1. The Bertz CT molecular complexity index is 252. The molecule has 0 aromatic carbocycles. The Kier molecular flexibility index (Phi) is 18.7. The number of Topliss-reactive ketones (excluding diaryl/α,β-unsaturated/α-hetero) is 1. The molecule has 0 bridgehead atoms. The summed E-state index contributed by atoms with van der Waals surface area (Å²) in [5, 5.41) is 2.92. The highest BCUT2D eigenvalue weighted by Crippen LogP contribution is 1.84. The lowest BCUT2D eigenvalue weighted by atomic mass is 10.2. The number of nitrogens with one attached hydrogen (secondary N) is 1. The van der Waals surface area contributed by atoms with Gasteiger partial charge >= 0.3 is 0 Å². The van der Waals surface area contributed by atoms with Crippen molar-refractivity contribution in [1.82, 2.24) is 5.32 Å². The molecule has 0 radical (unpaired) electrons. The number of hydrogen-bond acceptors (Lipinski definition) is 6. The normalized spacial score (nSPS) is 10.2. The number of carbonyl (C=O) groups excluding carboxylic acids is 2. The first-order valence-electron chi connectivity index (χ1n) is 5.50. The SMILES string of the molecule is COC.COCCN/C=C\N=CC(=O)CCC=O. The highest BCUT2D eigenvalue weighted by molar-refractivity contribution is 6.27. The first-order chi connectivity index (χ1) is 8.72. The average Bonchev–Trinajstić information content (AvgIpc) is 2.36. The molecule has 0 aliphatic rings. The lowest BCUT2D eigenvalue weighted by molar-refractivity contribution is -0.115. The van der Waals surface area contributed by atoms with Gasteiger partial charge in [0.1, 0.15) is 6.29 Å². The average molecular weight is 258 g/mol. The van der Waals surface area contributed by atoms with E-state index < -0.39 is 0 Å². The highest BCUT2D eigenvalue weighted by Gasteiger charge is 1.94. The molecule has 0 saturated heterocycles. The molecule has 0 amide bonds. The summed E-state index contributed by atoms with van der Waals surface area (Å²) in [6, 6.07) is 0. The maximum atomic E-state index is 11.0. The van der Waals surface area contributed by atoms with Gasteiger partial charge in [-0.1, -0.05) is 0 Å². The number of carbonyl (C=O) groups is 2. The van der Waals surface area contributed by atoms with Crippen LogP contribution in [0.3, 0.4) is 0 Å². The fourth-order valence-electron chi connectivity index (χ4n) is 0.732. The molecule has 6 nitrogen and oxygen atoms in total. The van der Waals surface area contributed by atoms with Gasteiger partial charge in [-0.3, -0.25) is 9.79 Å². The third kappa shape index (κ3) is 20.0. The van der Waals surface area contributed by atoms with Gasteiger partial charge in [0.2, 0.25) is 0 Å². The van der Waals surface area contributed by atoms with Crippen LogP contribution in [0.5, 0.6) is 0 Å². The van der Waals surface area contributed by atoms with E-state index in [1.807, 2.05) is 0 Å². The Morgan fingerprint density at radius 3 is 2.56 bits per heavy atom. The van der Waals surface area contributed by atoms with E-state index in [9.17, 15) is 9.59 Å². The van der Waals surface area contributed by atoms with E-state index in [1.54, 1.807) is 27.5 Å². The number of methoxy groups -OCH3 is 2. The van der Waals surface area contributed by atoms with Crippen molar-refractivity contribution >= 4 is 18.3 Å².